The monoisotopic (exact) mass is 451 g/mol. The van der Waals surface area contributed by atoms with Crippen LogP contribution in [0, 0.1) is 0 Å². The first-order valence-electron chi connectivity index (χ1n) is 12.4. The molecule has 0 aliphatic heterocycles. The first-order valence-corrected chi connectivity index (χ1v) is 13.8. The van der Waals surface area contributed by atoms with E-state index in [0.717, 1.165) is 12.8 Å². The maximum atomic E-state index is 10.7. The van der Waals surface area contributed by atoms with Gasteiger partial charge in [0.15, 0.2) is 0 Å². The van der Waals surface area contributed by atoms with E-state index in [-0.39, 0.29) is 6.15 Å². The van der Waals surface area contributed by atoms with Crippen LogP contribution in [-0.4, -0.2) is 18.6 Å². The molecular weight excluding hydrogens is 398 g/mol. The van der Waals surface area contributed by atoms with Crippen LogP contribution in [0.3, 0.4) is 0 Å². The lowest BCUT2D eigenvalue weighted by atomic mass is 9.99. The van der Waals surface area contributed by atoms with Crippen molar-refractivity contribution >= 4 is 10.4 Å². The van der Waals surface area contributed by atoms with Gasteiger partial charge in [0.1, 0.15) is 0 Å². The molecule has 0 aromatic rings. The van der Waals surface area contributed by atoms with Crippen molar-refractivity contribution < 1.29 is 17.2 Å². The SMILES string of the molecule is CCCCCCCCCCCCCCCCCCCCCC(C)(C)OS(=O)(=O)[O-].[NH4+]. The Hall–Kier alpha value is -0.170. The molecule has 0 spiro atoms. The van der Waals surface area contributed by atoms with Crippen LogP contribution in [0.5, 0.6) is 0 Å². The third kappa shape index (κ3) is 25.9. The summed E-state index contributed by atoms with van der Waals surface area (Å²) in [6.45, 7) is 5.60. The summed E-state index contributed by atoms with van der Waals surface area (Å²) in [5.41, 5.74) is -0.880. The Morgan fingerprint density at radius 1 is 0.600 bits per heavy atom. The van der Waals surface area contributed by atoms with Crippen molar-refractivity contribution in [1.82, 2.24) is 6.15 Å². The van der Waals surface area contributed by atoms with Gasteiger partial charge in [-0.3, -0.25) is 4.18 Å². The predicted octanol–water partition coefficient (Wildman–Crippen LogP) is 8.44. The second-order valence-corrected chi connectivity index (χ2v) is 10.3. The van der Waals surface area contributed by atoms with Crippen LogP contribution in [0.2, 0.25) is 0 Å². The van der Waals surface area contributed by atoms with E-state index < -0.39 is 16.0 Å². The second-order valence-electron chi connectivity index (χ2n) is 9.37. The van der Waals surface area contributed by atoms with E-state index in [2.05, 4.69) is 11.1 Å². The Morgan fingerprint density at radius 2 is 0.867 bits per heavy atom. The third-order valence-corrected chi connectivity index (χ3v) is 6.37. The van der Waals surface area contributed by atoms with Gasteiger partial charge in [0.25, 0.3) is 0 Å². The normalized spacial score (nSPS) is 12.1. The van der Waals surface area contributed by atoms with Gasteiger partial charge in [-0.15, -0.1) is 0 Å². The molecule has 5 nitrogen and oxygen atoms in total. The summed E-state index contributed by atoms with van der Waals surface area (Å²) in [5, 5.41) is 0. The van der Waals surface area contributed by atoms with Crippen LogP contribution < -0.4 is 6.15 Å². The summed E-state index contributed by atoms with van der Waals surface area (Å²) >= 11 is 0. The number of unbranched alkanes of at least 4 members (excludes halogenated alkanes) is 18. The van der Waals surface area contributed by atoms with Crippen LogP contribution in [0.4, 0.5) is 0 Å². The van der Waals surface area contributed by atoms with Crippen molar-refractivity contribution in [2.45, 2.75) is 155 Å². The highest BCUT2D eigenvalue weighted by Gasteiger charge is 2.21. The Kier molecular flexibility index (Phi) is 22.1. The van der Waals surface area contributed by atoms with E-state index in [4.69, 9.17) is 0 Å². The molecule has 0 aromatic carbocycles. The van der Waals surface area contributed by atoms with Gasteiger partial charge in [0.2, 0.25) is 10.4 Å². The molecule has 0 atom stereocenters. The number of quaternary nitrogens is 1. The van der Waals surface area contributed by atoms with Crippen LogP contribution in [-0.2, 0) is 14.6 Å². The minimum atomic E-state index is -4.61. The standard InChI is InChI=1S/C24H50O4S.H3N/c1-4-5-6-7-8-9-10-11-12-13-14-15-16-17-18-19-20-21-22-23-24(2,3)28-29(25,26)27;/h4-23H2,1-3H3,(H,25,26,27);1H3. The van der Waals surface area contributed by atoms with Crippen molar-refractivity contribution in [2.75, 3.05) is 0 Å². The van der Waals surface area contributed by atoms with Gasteiger partial charge in [0, 0.05) is 0 Å². The van der Waals surface area contributed by atoms with E-state index in [9.17, 15) is 13.0 Å². The average molecular weight is 452 g/mol. The fourth-order valence-corrected chi connectivity index (χ4v) is 4.58. The van der Waals surface area contributed by atoms with Crippen molar-refractivity contribution in [3.05, 3.63) is 0 Å². The molecule has 0 bridgehead atoms. The molecule has 4 N–H and O–H groups in total. The van der Waals surface area contributed by atoms with Gasteiger partial charge < -0.3 is 10.7 Å². The minimum absolute atomic E-state index is 0. The topological polar surface area (TPSA) is 103 Å². The lowest BCUT2D eigenvalue weighted by Gasteiger charge is -2.26. The molecule has 0 fully saturated rings. The van der Waals surface area contributed by atoms with Crippen LogP contribution >= 0.6 is 0 Å². The lowest BCUT2D eigenvalue weighted by Crippen LogP contribution is -2.27. The van der Waals surface area contributed by atoms with E-state index in [1.54, 1.807) is 13.8 Å². The fraction of sp³-hybridized carbons (Fsp3) is 1.00. The summed E-state index contributed by atoms with van der Waals surface area (Å²) in [6.07, 6.45) is 26.0. The van der Waals surface area contributed by atoms with Gasteiger partial charge in [-0.05, 0) is 20.3 Å². The molecule has 0 saturated carbocycles. The molecule has 30 heavy (non-hydrogen) atoms. The maximum absolute atomic E-state index is 10.7. The molecule has 0 amide bonds. The van der Waals surface area contributed by atoms with Gasteiger partial charge in [-0.25, -0.2) is 8.42 Å². The van der Waals surface area contributed by atoms with Crippen molar-refractivity contribution in [1.29, 1.82) is 0 Å². The quantitative estimate of drug-likeness (QED) is 0.101. The molecule has 0 heterocycles. The van der Waals surface area contributed by atoms with E-state index >= 15 is 0 Å². The third-order valence-electron chi connectivity index (χ3n) is 5.71. The van der Waals surface area contributed by atoms with E-state index in [0.29, 0.717) is 6.42 Å². The Labute approximate surface area is 188 Å². The van der Waals surface area contributed by atoms with Crippen LogP contribution in [0.15, 0.2) is 0 Å². The van der Waals surface area contributed by atoms with E-state index in [1.165, 1.54) is 109 Å². The number of hydrogen-bond donors (Lipinski definition) is 1. The summed E-state index contributed by atoms with van der Waals surface area (Å²) < 4.78 is 36.6. The van der Waals surface area contributed by atoms with Crippen molar-refractivity contribution in [2.24, 2.45) is 0 Å². The molecule has 6 heteroatoms. The van der Waals surface area contributed by atoms with Crippen molar-refractivity contribution in [3.8, 4) is 0 Å². The zero-order chi connectivity index (χ0) is 21.8. The highest BCUT2D eigenvalue weighted by molar-refractivity contribution is 7.80. The number of hydrogen-bond acceptors (Lipinski definition) is 4. The zero-order valence-electron chi connectivity index (χ0n) is 20.7. The zero-order valence-corrected chi connectivity index (χ0v) is 21.5. The summed E-state index contributed by atoms with van der Waals surface area (Å²) in [7, 11) is -4.61. The summed E-state index contributed by atoms with van der Waals surface area (Å²) in [6, 6.07) is 0. The second kappa shape index (κ2) is 20.7. The van der Waals surface area contributed by atoms with E-state index in [1.807, 2.05) is 0 Å². The molecule has 0 aliphatic rings. The highest BCUT2D eigenvalue weighted by Crippen LogP contribution is 2.21. The fourth-order valence-electron chi connectivity index (χ4n) is 3.95. The van der Waals surface area contributed by atoms with Gasteiger partial charge in [-0.1, -0.05) is 129 Å². The van der Waals surface area contributed by atoms with Gasteiger partial charge in [0.05, 0.1) is 5.60 Å². The molecule has 184 valence electrons. The highest BCUT2D eigenvalue weighted by atomic mass is 32.3. The predicted molar refractivity (Wildman–Crippen MR) is 129 cm³/mol. The van der Waals surface area contributed by atoms with Gasteiger partial charge >= 0.3 is 0 Å². The molecule has 0 aliphatic carbocycles. The Balaban J connectivity index is 0. The summed E-state index contributed by atoms with van der Waals surface area (Å²) in [4.78, 5) is 0. The Bertz CT molecular complexity index is 452. The number of rotatable bonds is 22. The molecule has 0 unspecified atom stereocenters. The Morgan fingerprint density at radius 3 is 1.13 bits per heavy atom. The first kappa shape index (κ1) is 32.0. The van der Waals surface area contributed by atoms with Crippen LogP contribution in [0.1, 0.15) is 149 Å². The molecule has 0 radical (unpaired) electrons. The lowest BCUT2D eigenvalue weighted by molar-refractivity contribution is 0.0856. The van der Waals surface area contributed by atoms with Crippen molar-refractivity contribution in [3.63, 3.8) is 0 Å². The maximum Gasteiger partial charge on any atom is 0.218 e. The first-order chi connectivity index (χ1) is 13.8. The molecular formula is C24H53NO4S. The largest absolute Gasteiger partial charge is 0.726 e. The molecule has 0 aromatic heterocycles. The van der Waals surface area contributed by atoms with Gasteiger partial charge in [-0.2, -0.15) is 0 Å². The average Bonchev–Trinajstić information content (AvgIpc) is 2.61. The molecule has 0 saturated heterocycles. The minimum Gasteiger partial charge on any atom is -0.726 e. The smallest absolute Gasteiger partial charge is 0.218 e. The summed E-state index contributed by atoms with van der Waals surface area (Å²) in [5.74, 6) is 0. The van der Waals surface area contributed by atoms with Crippen LogP contribution in [0.25, 0.3) is 0 Å². The molecule has 0 rings (SSSR count).